The zero-order chi connectivity index (χ0) is 17.2. The molecule has 1 aromatic rings. The lowest BCUT2D eigenvalue weighted by Crippen LogP contribution is -2.54. The molecule has 0 saturated carbocycles. The Morgan fingerprint density at radius 3 is 1.96 bits per heavy atom. The summed E-state index contributed by atoms with van der Waals surface area (Å²) in [5.74, 6) is -0.575. The van der Waals surface area contributed by atoms with Crippen molar-refractivity contribution < 1.29 is 17.6 Å². The van der Waals surface area contributed by atoms with Crippen molar-refractivity contribution in [3.63, 3.8) is 0 Å². The number of nitrogens with zero attached hydrogens (tertiary/aromatic N) is 3. The van der Waals surface area contributed by atoms with Crippen molar-refractivity contribution in [1.82, 2.24) is 13.5 Å². The molecule has 2 aliphatic heterocycles. The van der Waals surface area contributed by atoms with Crippen molar-refractivity contribution in [2.45, 2.75) is 19.3 Å². The Morgan fingerprint density at radius 2 is 1.38 bits per heavy atom. The molecule has 0 spiro atoms. The molecule has 0 N–H and O–H groups in total. The van der Waals surface area contributed by atoms with E-state index in [0.29, 0.717) is 44.8 Å². The van der Waals surface area contributed by atoms with Crippen LogP contribution in [-0.2, 0) is 10.2 Å². The van der Waals surface area contributed by atoms with E-state index in [2.05, 4.69) is 0 Å². The highest BCUT2D eigenvalue weighted by Crippen LogP contribution is 2.18. The van der Waals surface area contributed by atoms with Gasteiger partial charge in [-0.1, -0.05) is 6.42 Å². The second-order valence-electron chi connectivity index (χ2n) is 6.17. The number of benzene rings is 1. The largest absolute Gasteiger partial charge is 0.336 e. The van der Waals surface area contributed by atoms with Crippen molar-refractivity contribution >= 4 is 16.1 Å². The SMILES string of the molecule is O=C(c1ccc(F)cc1)N1CCN(S(=O)(=O)N2CCCCC2)CC1. The number of halogens is 1. The van der Waals surface area contributed by atoms with Crippen LogP contribution in [0, 0.1) is 5.82 Å². The van der Waals surface area contributed by atoms with Gasteiger partial charge in [-0.3, -0.25) is 4.79 Å². The standard InChI is InChI=1S/C16H22FN3O3S/c17-15-6-4-14(5-7-15)16(21)18-10-12-20(13-11-18)24(22,23)19-8-2-1-3-9-19/h4-7H,1-3,8-13H2. The summed E-state index contributed by atoms with van der Waals surface area (Å²) in [5.41, 5.74) is 0.420. The molecule has 132 valence electrons. The summed E-state index contributed by atoms with van der Waals surface area (Å²) in [6.45, 7) is 2.46. The van der Waals surface area contributed by atoms with Gasteiger partial charge in [0.2, 0.25) is 0 Å². The van der Waals surface area contributed by atoms with Gasteiger partial charge in [-0.2, -0.15) is 17.0 Å². The first-order valence-corrected chi connectivity index (χ1v) is 9.68. The van der Waals surface area contributed by atoms with Crippen LogP contribution in [0.4, 0.5) is 4.39 Å². The zero-order valence-electron chi connectivity index (χ0n) is 13.5. The van der Waals surface area contributed by atoms with Crippen molar-refractivity contribution in [3.8, 4) is 0 Å². The monoisotopic (exact) mass is 355 g/mol. The number of piperidine rings is 1. The first-order valence-electron chi connectivity index (χ1n) is 8.28. The predicted octanol–water partition coefficient (Wildman–Crippen LogP) is 1.31. The molecule has 0 aliphatic carbocycles. The van der Waals surface area contributed by atoms with E-state index in [-0.39, 0.29) is 11.7 Å². The van der Waals surface area contributed by atoms with E-state index < -0.39 is 10.2 Å². The first kappa shape index (κ1) is 17.3. The van der Waals surface area contributed by atoms with Crippen LogP contribution >= 0.6 is 0 Å². The highest BCUT2D eigenvalue weighted by Gasteiger charge is 2.34. The average Bonchev–Trinajstić information content (AvgIpc) is 2.62. The summed E-state index contributed by atoms with van der Waals surface area (Å²) in [6.07, 6.45) is 2.89. The van der Waals surface area contributed by atoms with E-state index in [1.165, 1.54) is 28.6 Å². The van der Waals surface area contributed by atoms with E-state index in [9.17, 15) is 17.6 Å². The predicted molar refractivity (Wildman–Crippen MR) is 88.2 cm³/mol. The molecule has 2 saturated heterocycles. The number of rotatable bonds is 3. The summed E-state index contributed by atoms with van der Waals surface area (Å²) < 4.78 is 41.2. The minimum Gasteiger partial charge on any atom is -0.336 e. The van der Waals surface area contributed by atoms with Gasteiger partial charge in [0.05, 0.1) is 0 Å². The number of carbonyl (C=O) groups is 1. The van der Waals surface area contributed by atoms with Crippen LogP contribution in [0.5, 0.6) is 0 Å². The van der Waals surface area contributed by atoms with Crippen LogP contribution in [0.2, 0.25) is 0 Å². The number of hydrogen-bond donors (Lipinski definition) is 0. The molecule has 0 unspecified atom stereocenters. The Kier molecular flexibility index (Phi) is 5.17. The third-order valence-corrected chi connectivity index (χ3v) is 6.62. The van der Waals surface area contributed by atoms with Crippen LogP contribution in [0.25, 0.3) is 0 Å². The molecule has 1 aromatic carbocycles. The van der Waals surface area contributed by atoms with Gasteiger partial charge in [0.25, 0.3) is 16.1 Å². The molecule has 0 radical (unpaired) electrons. The molecule has 6 nitrogen and oxygen atoms in total. The lowest BCUT2D eigenvalue weighted by atomic mass is 10.2. The smallest absolute Gasteiger partial charge is 0.282 e. The molecule has 2 aliphatic rings. The van der Waals surface area contributed by atoms with E-state index in [1.807, 2.05) is 0 Å². The Bertz CT molecular complexity index is 679. The molecule has 2 heterocycles. The van der Waals surface area contributed by atoms with Crippen LogP contribution in [0.15, 0.2) is 24.3 Å². The zero-order valence-corrected chi connectivity index (χ0v) is 14.3. The van der Waals surface area contributed by atoms with Crippen LogP contribution in [0.3, 0.4) is 0 Å². The molecule has 2 fully saturated rings. The third kappa shape index (κ3) is 3.60. The topological polar surface area (TPSA) is 60.9 Å². The van der Waals surface area contributed by atoms with Gasteiger partial charge in [-0.25, -0.2) is 4.39 Å². The van der Waals surface area contributed by atoms with Gasteiger partial charge < -0.3 is 4.90 Å². The minimum atomic E-state index is -3.43. The maximum atomic E-state index is 12.9. The summed E-state index contributed by atoms with van der Waals surface area (Å²) in [5, 5.41) is 0. The van der Waals surface area contributed by atoms with Gasteiger partial charge in [-0.05, 0) is 37.1 Å². The van der Waals surface area contributed by atoms with Crippen LogP contribution < -0.4 is 0 Å². The van der Waals surface area contributed by atoms with Gasteiger partial charge in [0.15, 0.2) is 0 Å². The van der Waals surface area contributed by atoms with Gasteiger partial charge in [0, 0.05) is 44.8 Å². The molecule has 1 amide bonds. The fourth-order valence-corrected chi connectivity index (χ4v) is 4.83. The van der Waals surface area contributed by atoms with Crippen molar-refractivity contribution in [1.29, 1.82) is 0 Å². The average molecular weight is 355 g/mol. The summed E-state index contributed by atoms with van der Waals surface area (Å²) in [4.78, 5) is 14.0. The van der Waals surface area contributed by atoms with Gasteiger partial charge in [0.1, 0.15) is 5.82 Å². The van der Waals surface area contributed by atoms with E-state index >= 15 is 0 Å². The number of hydrogen-bond acceptors (Lipinski definition) is 3. The maximum absolute atomic E-state index is 12.9. The number of carbonyl (C=O) groups excluding carboxylic acids is 1. The van der Waals surface area contributed by atoms with Crippen molar-refractivity contribution in [2.24, 2.45) is 0 Å². The Labute approximate surface area is 142 Å². The fourth-order valence-electron chi connectivity index (χ4n) is 3.16. The normalized spacial score (nSPS) is 21.0. The molecule has 24 heavy (non-hydrogen) atoms. The van der Waals surface area contributed by atoms with E-state index in [4.69, 9.17) is 0 Å². The lowest BCUT2D eigenvalue weighted by Gasteiger charge is -2.37. The molecule has 0 aromatic heterocycles. The molecule has 3 rings (SSSR count). The molecule has 0 atom stereocenters. The minimum absolute atomic E-state index is 0.190. The molecule has 8 heteroatoms. The number of amides is 1. The molecular weight excluding hydrogens is 333 g/mol. The maximum Gasteiger partial charge on any atom is 0.282 e. The third-order valence-electron chi connectivity index (χ3n) is 4.58. The fraction of sp³-hybridized carbons (Fsp3) is 0.562. The van der Waals surface area contributed by atoms with Gasteiger partial charge >= 0.3 is 0 Å². The quantitative estimate of drug-likeness (QED) is 0.821. The van der Waals surface area contributed by atoms with Crippen LogP contribution in [0.1, 0.15) is 29.6 Å². The summed E-state index contributed by atoms with van der Waals surface area (Å²) in [7, 11) is -3.43. The lowest BCUT2D eigenvalue weighted by molar-refractivity contribution is 0.0693. The molecular formula is C16H22FN3O3S. The highest BCUT2D eigenvalue weighted by molar-refractivity contribution is 7.86. The first-order chi connectivity index (χ1) is 11.5. The summed E-state index contributed by atoms with van der Waals surface area (Å²) >= 11 is 0. The molecule has 0 bridgehead atoms. The highest BCUT2D eigenvalue weighted by atomic mass is 32.2. The second-order valence-corrected chi connectivity index (χ2v) is 8.09. The van der Waals surface area contributed by atoms with Crippen LogP contribution in [-0.4, -0.2) is 67.1 Å². The Morgan fingerprint density at radius 1 is 0.833 bits per heavy atom. The summed E-state index contributed by atoms with van der Waals surface area (Å²) in [6, 6.07) is 5.41. The van der Waals surface area contributed by atoms with Crippen molar-refractivity contribution in [2.75, 3.05) is 39.3 Å². The Balaban J connectivity index is 1.61. The van der Waals surface area contributed by atoms with Gasteiger partial charge in [-0.15, -0.1) is 0 Å². The van der Waals surface area contributed by atoms with Crippen molar-refractivity contribution in [3.05, 3.63) is 35.6 Å². The Hall–Kier alpha value is -1.51. The second kappa shape index (κ2) is 7.16. The number of piperazine rings is 1. The van der Waals surface area contributed by atoms with E-state index in [1.54, 1.807) is 9.21 Å². The van der Waals surface area contributed by atoms with E-state index in [0.717, 1.165) is 19.3 Å².